The number of methoxy groups -OCH3 is 1. The van der Waals surface area contributed by atoms with Crippen LogP contribution in [0.5, 0.6) is 5.75 Å². The Labute approximate surface area is 125 Å². The molecule has 0 spiro atoms. The molecule has 10 heteroatoms. The minimum Gasteiger partial charge on any atom is -0.497 e. The van der Waals surface area contributed by atoms with E-state index in [-0.39, 0.29) is 15.4 Å². The van der Waals surface area contributed by atoms with Crippen LogP contribution in [-0.4, -0.2) is 31.6 Å². The van der Waals surface area contributed by atoms with Crippen LogP contribution in [0.1, 0.15) is 6.92 Å². The zero-order valence-electron chi connectivity index (χ0n) is 11.2. The molecular formula is C11H12N4O4S2. The highest BCUT2D eigenvalue weighted by molar-refractivity contribution is 7.94. The molecule has 2 N–H and O–H groups in total. The molecule has 1 aromatic carbocycles. The van der Waals surface area contributed by atoms with Crippen LogP contribution in [0.4, 0.5) is 10.8 Å². The number of nitrogens with one attached hydrogen (secondary N) is 2. The lowest BCUT2D eigenvalue weighted by atomic mass is 10.3. The Morgan fingerprint density at radius 3 is 2.48 bits per heavy atom. The molecule has 2 aromatic rings. The van der Waals surface area contributed by atoms with Crippen LogP contribution in [-0.2, 0) is 14.8 Å². The van der Waals surface area contributed by atoms with Gasteiger partial charge in [0.15, 0.2) is 0 Å². The molecule has 0 bridgehead atoms. The fourth-order valence-electron chi connectivity index (χ4n) is 1.38. The van der Waals surface area contributed by atoms with Gasteiger partial charge in [0.25, 0.3) is 14.4 Å². The second-order valence-corrected chi connectivity index (χ2v) is 6.72. The molecule has 21 heavy (non-hydrogen) atoms. The number of nitrogens with zero attached hydrogens (tertiary/aromatic N) is 2. The van der Waals surface area contributed by atoms with Crippen molar-refractivity contribution < 1.29 is 17.9 Å². The fraction of sp³-hybridized carbons (Fsp3) is 0.182. The maximum absolute atomic E-state index is 12.1. The van der Waals surface area contributed by atoms with Gasteiger partial charge >= 0.3 is 0 Å². The Kier molecular flexibility index (Phi) is 4.38. The van der Waals surface area contributed by atoms with Crippen LogP contribution in [0.25, 0.3) is 0 Å². The molecule has 1 aromatic heterocycles. The first-order chi connectivity index (χ1) is 9.90. The molecule has 0 saturated carbocycles. The number of sulfonamides is 1. The highest BCUT2D eigenvalue weighted by Crippen LogP contribution is 2.23. The zero-order valence-corrected chi connectivity index (χ0v) is 12.8. The molecule has 0 aliphatic carbocycles. The SMILES string of the molecule is COc1ccc(NS(=O)(=O)c2nnc(NC(C)=O)s2)cc1. The van der Waals surface area contributed by atoms with E-state index in [0.29, 0.717) is 11.4 Å². The van der Waals surface area contributed by atoms with Crippen LogP contribution in [0.3, 0.4) is 0 Å². The van der Waals surface area contributed by atoms with Gasteiger partial charge in [0.05, 0.1) is 7.11 Å². The van der Waals surface area contributed by atoms with Crippen LogP contribution >= 0.6 is 11.3 Å². The standard InChI is InChI=1S/C11H12N4O4S2/c1-7(16)12-10-13-14-11(20-10)21(17,18)15-8-3-5-9(19-2)6-4-8/h3-6,15H,1-2H3,(H,12,13,16). The summed E-state index contributed by atoms with van der Waals surface area (Å²) in [5, 5.41) is 9.63. The van der Waals surface area contributed by atoms with Crippen molar-refractivity contribution in [1.82, 2.24) is 10.2 Å². The highest BCUT2D eigenvalue weighted by atomic mass is 32.2. The van der Waals surface area contributed by atoms with Gasteiger partial charge in [-0.15, -0.1) is 10.2 Å². The topological polar surface area (TPSA) is 110 Å². The largest absolute Gasteiger partial charge is 0.497 e. The van der Waals surface area contributed by atoms with Crippen molar-refractivity contribution in [1.29, 1.82) is 0 Å². The predicted octanol–water partition coefficient (Wildman–Crippen LogP) is 1.31. The van der Waals surface area contributed by atoms with E-state index in [0.717, 1.165) is 11.3 Å². The average Bonchev–Trinajstić information content (AvgIpc) is 2.88. The Morgan fingerprint density at radius 1 is 1.24 bits per heavy atom. The second-order valence-electron chi connectivity index (χ2n) is 3.89. The Morgan fingerprint density at radius 2 is 1.90 bits per heavy atom. The van der Waals surface area contributed by atoms with Crippen LogP contribution in [0.2, 0.25) is 0 Å². The van der Waals surface area contributed by atoms with Crippen molar-refractivity contribution in [2.45, 2.75) is 11.3 Å². The summed E-state index contributed by atoms with van der Waals surface area (Å²) in [5.41, 5.74) is 0.368. The van der Waals surface area contributed by atoms with Crippen LogP contribution < -0.4 is 14.8 Å². The monoisotopic (exact) mass is 328 g/mol. The molecule has 0 saturated heterocycles. The van der Waals surface area contributed by atoms with Crippen molar-refractivity contribution in [3.8, 4) is 5.75 Å². The first-order valence-electron chi connectivity index (χ1n) is 5.68. The van der Waals surface area contributed by atoms with E-state index in [1.165, 1.54) is 14.0 Å². The lowest BCUT2D eigenvalue weighted by Crippen LogP contribution is -2.12. The Balaban J connectivity index is 2.17. The number of aromatic nitrogens is 2. The molecule has 1 heterocycles. The number of amides is 1. The van der Waals surface area contributed by atoms with Gasteiger partial charge in [-0.2, -0.15) is 8.42 Å². The molecule has 8 nitrogen and oxygen atoms in total. The van der Waals surface area contributed by atoms with Crippen molar-refractivity contribution in [2.24, 2.45) is 0 Å². The minimum atomic E-state index is -3.85. The lowest BCUT2D eigenvalue weighted by Gasteiger charge is -2.05. The molecular weight excluding hydrogens is 316 g/mol. The summed E-state index contributed by atoms with van der Waals surface area (Å²) < 4.78 is 31.3. The average molecular weight is 328 g/mol. The number of carbonyl (C=O) groups is 1. The van der Waals surface area contributed by atoms with Gasteiger partial charge in [0.2, 0.25) is 11.0 Å². The van der Waals surface area contributed by atoms with Crippen LogP contribution in [0, 0.1) is 0 Å². The number of ether oxygens (including phenoxy) is 1. The summed E-state index contributed by atoms with van der Waals surface area (Å²) in [6, 6.07) is 6.37. The number of benzene rings is 1. The summed E-state index contributed by atoms with van der Waals surface area (Å²) in [5.74, 6) is 0.264. The third kappa shape index (κ3) is 3.89. The van der Waals surface area contributed by atoms with Crippen LogP contribution in [0.15, 0.2) is 28.6 Å². The molecule has 1 amide bonds. The predicted molar refractivity (Wildman–Crippen MR) is 78.0 cm³/mol. The number of hydrogen-bond donors (Lipinski definition) is 2. The van der Waals surface area contributed by atoms with E-state index >= 15 is 0 Å². The quantitative estimate of drug-likeness (QED) is 0.801. The molecule has 0 fully saturated rings. The van der Waals surface area contributed by atoms with E-state index in [9.17, 15) is 13.2 Å². The van der Waals surface area contributed by atoms with Crippen molar-refractivity contribution in [2.75, 3.05) is 17.1 Å². The Bertz CT molecular complexity index is 740. The summed E-state index contributed by atoms with van der Waals surface area (Å²) in [6.45, 7) is 1.30. The second kappa shape index (κ2) is 6.06. The van der Waals surface area contributed by atoms with Gasteiger partial charge in [-0.25, -0.2) is 0 Å². The number of rotatable bonds is 5. The third-order valence-corrected chi connectivity index (χ3v) is 4.85. The molecule has 0 unspecified atom stereocenters. The van der Waals surface area contributed by atoms with E-state index < -0.39 is 10.0 Å². The number of hydrogen-bond acceptors (Lipinski definition) is 7. The molecule has 0 atom stereocenters. The summed E-state index contributed by atoms with van der Waals surface area (Å²) in [7, 11) is -2.33. The third-order valence-electron chi connectivity index (χ3n) is 2.26. The van der Waals surface area contributed by atoms with Gasteiger partial charge in [-0.05, 0) is 24.3 Å². The molecule has 2 rings (SSSR count). The number of carbonyl (C=O) groups excluding carboxylic acids is 1. The fourth-order valence-corrected chi connectivity index (χ4v) is 3.38. The maximum Gasteiger partial charge on any atom is 0.291 e. The first kappa shape index (κ1) is 15.2. The zero-order chi connectivity index (χ0) is 15.5. The normalized spacial score (nSPS) is 11.0. The van der Waals surface area contributed by atoms with Gasteiger partial charge in [0, 0.05) is 12.6 Å². The molecule has 112 valence electrons. The molecule has 0 radical (unpaired) electrons. The molecule has 0 aliphatic rings. The minimum absolute atomic E-state index is 0.123. The summed E-state index contributed by atoms with van der Waals surface area (Å²) in [4.78, 5) is 10.9. The summed E-state index contributed by atoms with van der Waals surface area (Å²) in [6.07, 6.45) is 0. The highest BCUT2D eigenvalue weighted by Gasteiger charge is 2.20. The van der Waals surface area contributed by atoms with Crippen molar-refractivity contribution in [3.05, 3.63) is 24.3 Å². The van der Waals surface area contributed by atoms with E-state index in [1.807, 2.05) is 0 Å². The van der Waals surface area contributed by atoms with E-state index in [2.05, 4.69) is 20.2 Å². The van der Waals surface area contributed by atoms with Gasteiger partial charge in [-0.1, -0.05) is 11.3 Å². The lowest BCUT2D eigenvalue weighted by molar-refractivity contribution is -0.114. The smallest absolute Gasteiger partial charge is 0.291 e. The first-order valence-corrected chi connectivity index (χ1v) is 7.98. The van der Waals surface area contributed by atoms with Gasteiger partial charge in [-0.3, -0.25) is 9.52 Å². The van der Waals surface area contributed by atoms with Crippen molar-refractivity contribution >= 4 is 38.1 Å². The molecule has 0 aliphatic heterocycles. The van der Waals surface area contributed by atoms with Gasteiger partial charge < -0.3 is 10.1 Å². The summed E-state index contributed by atoms with van der Waals surface area (Å²) >= 11 is 0.766. The Hall–Kier alpha value is -2.20. The van der Waals surface area contributed by atoms with E-state index in [4.69, 9.17) is 4.74 Å². The van der Waals surface area contributed by atoms with E-state index in [1.54, 1.807) is 24.3 Å². The maximum atomic E-state index is 12.1. The number of anilines is 2. The van der Waals surface area contributed by atoms with Gasteiger partial charge in [0.1, 0.15) is 5.75 Å². The van der Waals surface area contributed by atoms with Crippen molar-refractivity contribution in [3.63, 3.8) is 0 Å².